The molecular formula is C16H28O7. The van der Waals surface area contributed by atoms with Gasteiger partial charge in [-0.1, -0.05) is 17.7 Å². The number of rotatable bonds is 8. The lowest BCUT2D eigenvalue weighted by atomic mass is 9.99. The van der Waals surface area contributed by atoms with Crippen molar-refractivity contribution in [2.75, 3.05) is 13.2 Å². The Labute approximate surface area is 136 Å². The van der Waals surface area contributed by atoms with Gasteiger partial charge in [0.25, 0.3) is 0 Å². The minimum Gasteiger partial charge on any atom is -0.394 e. The van der Waals surface area contributed by atoms with E-state index in [9.17, 15) is 20.4 Å². The fourth-order valence-corrected chi connectivity index (χ4v) is 2.19. The van der Waals surface area contributed by atoms with E-state index in [1.807, 2.05) is 13.0 Å². The van der Waals surface area contributed by atoms with E-state index in [4.69, 9.17) is 14.6 Å². The predicted octanol–water partition coefficient (Wildman–Crippen LogP) is -0.534. The molecule has 1 saturated heterocycles. The summed E-state index contributed by atoms with van der Waals surface area (Å²) in [5.41, 5.74) is -0.0589. The van der Waals surface area contributed by atoms with Gasteiger partial charge in [0.1, 0.15) is 24.4 Å². The van der Waals surface area contributed by atoms with Crippen molar-refractivity contribution < 1.29 is 35.0 Å². The number of aliphatic hydroxyl groups excluding tert-OH is 4. The Morgan fingerprint density at radius 3 is 2.48 bits per heavy atom. The third-order valence-electron chi connectivity index (χ3n) is 3.91. The Kier molecular flexibility index (Phi) is 7.82. The average Bonchev–Trinajstić information content (AvgIpc) is 2.52. The molecule has 0 radical (unpaired) electrons. The molecule has 1 aliphatic heterocycles. The molecule has 0 aromatic heterocycles. The quantitative estimate of drug-likeness (QED) is 0.379. The summed E-state index contributed by atoms with van der Waals surface area (Å²) < 4.78 is 10.7. The van der Waals surface area contributed by atoms with Gasteiger partial charge in [0.2, 0.25) is 0 Å². The van der Waals surface area contributed by atoms with E-state index in [0.29, 0.717) is 12.8 Å². The van der Waals surface area contributed by atoms with Crippen molar-refractivity contribution >= 4 is 0 Å². The van der Waals surface area contributed by atoms with E-state index in [0.717, 1.165) is 5.57 Å². The normalized spacial score (nSPS) is 34.9. The maximum absolute atomic E-state index is 9.84. The molecule has 0 saturated carbocycles. The molecule has 5 N–H and O–H groups in total. The van der Waals surface area contributed by atoms with E-state index >= 15 is 0 Å². The molecule has 0 aromatic carbocycles. The Hall–Kier alpha value is -0.800. The number of aliphatic hydroxyl groups is 5. The Morgan fingerprint density at radius 2 is 1.91 bits per heavy atom. The van der Waals surface area contributed by atoms with Gasteiger partial charge in [-0.05, 0) is 26.7 Å². The molecule has 1 heterocycles. The van der Waals surface area contributed by atoms with E-state index < -0.39 is 42.9 Å². The zero-order valence-electron chi connectivity index (χ0n) is 13.6. The van der Waals surface area contributed by atoms with Crippen LogP contribution >= 0.6 is 0 Å². The second kappa shape index (κ2) is 8.89. The highest BCUT2D eigenvalue weighted by Gasteiger charge is 2.43. The first-order valence-corrected chi connectivity index (χ1v) is 7.65. The molecule has 0 bridgehead atoms. The molecule has 1 aliphatic rings. The van der Waals surface area contributed by atoms with Crippen molar-refractivity contribution in [2.45, 2.75) is 63.0 Å². The summed E-state index contributed by atoms with van der Waals surface area (Å²) in [6.45, 7) is 6.72. The van der Waals surface area contributed by atoms with Crippen LogP contribution in [0, 0.1) is 0 Å². The van der Waals surface area contributed by atoms with Crippen LogP contribution in [-0.4, -0.2) is 75.1 Å². The van der Waals surface area contributed by atoms with Crippen molar-refractivity contribution in [1.29, 1.82) is 0 Å². The van der Waals surface area contributed by atoms with Crippen LogP contribution < -0.4 is 0 Å². The van der Waals surface area contributed by atoms with Gasteiger partial charge in [-0.3, -0.25) is 0 Å². The van der Waals surface area contributed by atoms with Crippen molar-refractivity contribution in [3.8, 4) is 0 Å². The molecule has 0 aromatic rings. The lowest BCUT2D eigenvalue weighted by Gasteiger charge is -2.39. The summed E-state index contributed by atoms with van der Waals surface area (Å²) in [5, 5.41) is 48.1. The maximum Gasteiger partial charge on any atom is 0.187 e. The van der Waals surface area contributed by atoms with Crippen LogP contribution in [0.15, 0.2) is 24.3 Å². The summed E-state index contributed by atoms with van der Waals surface area (Å²) in [7, 11) is 0. The van der Waals surface area contributed by atoms with Crippen LogP contribution in [0.2, 0.25) is 0 Å². The number of hydrogen-bond acceptors (Lipinski definition) is 7. The van der Waals surface area contributed by atoms with Gasteiger partial charge in [-0.2, -0.15) is 0 Å². The fraction of sp³-hybridized carbons (Fsp3) is 0.750. The molecule has 0 spiro atoms. The molecule has 23 heavy (non-hydrogen) atoms. The molecule has 2 unspecified atom stereocenters. The predicted molar refractivity (Wildman–Crippen MR) is 83.5 cm³/mol. The Morgan fingerprint density at radius 1 is 1.26 bits per heavy atom. The van der Waals surface area contributed by atoms with Crippen LogP contribution in [0.4, 0.5) is 0 Å². The van der Waals surface area contributed by atoms with E-state index in [-0.39, 0.29) is 6.61 Å². The third-order valence-corrected chi connectivity index (χ3v) is 3.91. The zero-order chi connectivity index (χ0) is 17.6. The Bertz CT molecular complexity index is 405. The molecular weight excluding hydrogens is 304 g/mol. The van der Waals surface area contributed by atoms with E-state index in [2.05, 4.69) is 6.58 Å². The van der Waals surface area contributed by atoms with Gasteiger partial charge in [0.05, 0.1) is 18.8 Å². The van der Waals surface area contributed by atoms with Crippen LogP contribution in [0.1, 0.15) is 26.7 Å². The largest absolute Gasteiger partial charge is 0.394 e. The lowest BCUT2D eigenvalue weighted by Crippen LogP contribution is -2.59. The number of allylic oxidation sites excluding steroid dienone is 1. The summed E-state index contributed by atoms with van der Waals surface area (Å²) >= 11 is 0. The molecule has 0 amide bonds. The highest BCUT2D eigenvalue weighted by molar-refractivity contribution is 5.01. The Balaban J connectivity index is 2.48. The average molecular weight is 332 g/mol. The number of ether oxygens (including phenoxy) is 2. The minimum absolute atomic E-state index is 0.152. The summed E-state index contributed by atoms with van der Waals surface area (Å²) in [5.74, 6) is 0. The fourth-order valence-electron chi connectivity index (χ4n) is 2.19. The summed E-state index contributed by atoms with van der Waals surface area (Å²) in [6, 6.07) is 0. The second-order valence-electron chi connectivity index (χ2n) is 6.16. The van der Waals surface area contributed by atoms with Crippen LogP contribution in [0.3, 0.4) is 0 Å². The lowest BCUT2D eigenvalue weighted by molar-refractivity contribution is -0.299. The molecule has 1 rings (SSSR count). The first-order valence-electron chi connectivity index (χ1n) is 7.65. The number of hydrogen-bond donors (Lipinski definition) is 5. The maximum atomic E-state index is 9.84. The SMILES string of the molecule is C=CC(C)(O)CC/C=C(\C)COC1O[C@@H](CO)[C@H](O)[C@@H](O)[C@@H]1O. The van der Waals surface area contributed by atoms with Crippen molar-refractivity contribution in [1.82, 2.24) is 0 Å². The van der Waals surface area contributed by atoms with Crippen LogP contribution in [0.5, 0.6) is 0 Å². The van der Waals surface area contributed by atoms with Crippen LogP contribution in [-0.2, 0) is 9.47 Å². The topological polar surface area (TPSA) is 120 Å². The highest BCUT2D eigenvalue weighted by atomic mass is 16.7. The van der Waals surface area contributed by atoms with Gasteiger partial charge in [-0.15, -0.1) is 6.58 Å². The third kappa shape index (κ3) is 5.96. The monoisotopic (exact) mass is 332 g/mol. The smallest absolute Gasteiger partial charge is 0.187 e. The molecule has 7 heteroatoms. The first kappa shape index (κ1) is 20.2. The van der Waals surface area contributed by atoms with Crippen molar-refractivity contribution in [3.63, 3.8) is 0 Å². The second-order valence-corrected chi connectivity index (χ2v) is 6.16. The molecule has 0 aliphatic carbocycles. The van der Waals surface area contributed by atoms with Gasteiger partial charge in [-0.25, -0.2) is 0 Å². The molecule has 1 fully saturated rings. The van der Waals surface area contributed by atoms with Gasteiger partial charge < -0.3 is 35.0 Å². The van der Waals surface area contributed by atoms with Crippen molar-refractivity contribution in [2.24, 2.45) is 0 Å². The molecule has 7 nitrogen and oxygen atoms in total. The van der Waals surface area contributed by atoms with E-state index in [1.54, 1.807) is 6.92 Å². The van der Waals surface area contributed by atoms with E-state index in [1.165, 1.54) is 6.08 Å². The highest BCUT2D eigenvalue weighted by Crippen LogP contribution is 2.22. The van der Waals surface area contributed by atoms with Gasteiger partial charge >= 0.3 is 0 Å². The zero-order valence-corrected chi connectivity index (χ0v) is 13.6. The first-order chi connectivity index (χ1) is 10.7. The standard InChI is InChI=1S/C16H28O7/c1-4-16(3,21)7-5-6-10(2)9-22-15-14(20)13(19)12(18)11(8-17)23-15/h4,6,11-15,17-21H,1,5,7-9H2,2-3H3/b10-6+/t11-,12-,13+,14-,15?,16?/m0/s1. The van der Waals surface area contributed by atoms with Crippen LogP contribution in [0.25, 0.3) is 0 Å². The summed E-state index contributed by atoms with van der Waals surface area (Å²) in [4.78, 5) is 0. The van der Waals surface area contributed by atoms with Gasteiger partial charge in [0, 0.05) is 0 Å². The molecule has 134 valence electrons. The van der Waals surface area contributed by atoms with Gasteiger partial charge in [0.15, 0.2) is 6.29 Å². The molecule has 6 atom stereocenters. The summed E-state index contributed by atoms with van der Waals surface area (Å²) in [6.07, 6.45) is -1.83. The van der Waals surface area contributed by atoms with Crippen molar-refractivity contribution in [3.05, 3.63) is 24.3 Å². The minimum atomic E-state index is -1.45.